The van der Waals surface area contributed by atoms with Gasteiger partial charge in [0.2, 0.25) is 6.10 Å². The van der Waals surface area contributed by atoms with E-state index >= 15 is 0 Å². The normalized spacial score (nSPS) is 16.7. The molecule has 1 heterocycles. The average molecular weight is 312 g/mol. The molecule has 0 radical (unpaired) electrons. The summed E-state index contributed by atoms with van der Waals surface area (Å²) in [7, 11) is 0. The summed E-state index contributed by atoms with van der Waals surface area (Å²) in [5, 5.41) is 0. The fourth-order valence-electron chi connectivity index (χ4n) is 2.20. The van der Waals surface area contributed by atoms with Gasteiger partial charge >= 0.3 is 11.9 Å². The van der Waals surface area contributed by atoms with Gasteiger partial charge in [-0.3, -0.25) is 0 Å². The second kappa shape index (κ2) is 6.96. The minimum Gasteiger partial charge on any atom is -0.489 e. The van der Waals surface area contributed by atoms with Gasteiger partial charge in [-0.15, -0.1) is 0 Å². The van der Waals surface area contributed by atoms with Gasteiger partial charge in [0.25, 0.3) is 0 Å². The predicted molar refractivity (Wildman–Crippen MR) is 82.0 cm³/mol. The van der Waals surface area contributed by atoms with E-state index in [2.05, 4.69) is 0 Å². The monoisotopic (exact) mass is 312 g/mol. The number of benzene rings is 2. The van der Waals surface area contributed by atoms with Crippen LogP contribution in [0.5, 0.6) is 5.75 Å². The number of carbonyl (C=O) groups excluding carboxylic acids is 2. The first-order valence-corrected chi connectivity index (χ1v) is 7.37. The zero-order valence-corrected chi connectivity index (χ0v) is 12.4. The summed E-state index contributed by atoms with van der Waals surface area (Å²) in [5.41, 5.74) is 1.33. The van der Waals surface area contributed by atoms with Crippen LogP contribution in [0.2, 0.25) is 0 Å². The fourth-order valence-corrected chi connectivity index (χ4v) is 2.20. The highest BCUT2D eigenvalue weighted by molar-refractivity contribution is 5.91. The Balaban J connectivity index is 1.56. The smallest absolute Gasteiger partial charge is 0.347 e. The highest BCUT2D eigenvalue weighted by atomic mass is 16.6. The van der Waals surface area contributed by atoms with Gasteiger partial charge in [-0.2, -0.15) is 0 Å². The molecule has 0 amide bonds. The van der Waals surface area contributed by atoms with Crippen molar-refractivity contribution in [3.05, 3.63) is 65.7 Å². The van der Waals surface area contributed by atoms with Crippen LogP contribution in [0.3, 0.4) is 0 Å². The molecule has 23 heavy (non-hydrogen) atoms. The molecule has 118 valence electrons. The van der Waals surface area contributed by atoms with Crippen molar-refractivity contribution in [2.24, 2.45) is 0 Å². The third kappa shape index (κ3) is 3.88. The van der Waals surface area contributed by atoms with Gasteiger partial charge in [-0.1, -0.05) is 30.3 Å². The molecule has 0 N–H and O–H groups in total. The fraction of sp³-hybridized carbons (Fsp3) is 0.222. The first-order valence-electron chi connectivity index (χ1n) is 7.37. The van der Waals surface area contributed by atoms with Crippen molar-refractivity contribution in [3.63, 3.8) is 0 Å². The number of hydrogen-bond acceptors (Lipinski definition) is 5. The third-order valence-corrected chi connectivity index (χ3v) is 3.47. The highest BCUT2D eigenvalue weighted by Gasteiger charge is 2.30. The van der Waals surface area contributed by atoms with Crippen LogP contribution in [-0.4, -0.2) is 24.6 Å². The van der Waals surface area contributed by atoms with Crippen LogP contribution in [0, 0.1) is 0 Å². The zero-order valence-electron chi connectivity index (χ0n) is 12.4. The maximum absolute atomic E-state index is 12.0. The van der Waals surface area contributed by atoms with Gasteiger partial charge in [0, 0.05) is 6.42 Å². The van der Waals surface area contributed by atoms with Crippen molar-refractivity contribution in [1.29, 1.82) is 0 Å². The van der Waals surface area contributed by atoms with Gasteiger partial charge in [0.1, 0.15) is 12.4 Å². The molecule has 0 aromatic heterocycles. The topological polar surface area (TPSA) is 61.8 Å². The predicted octanol–water partition coefficient (Wildman–Crippen LogP) is 2.74. The van der Waals surface area contributed by atoms with E-state index in [9.17, 15) is 9.59 Å². The van der Waals surface area contributed by atoms with E-state index < -0.39 is 18.0 Å². The Kier molecular flexibility index (Phi) is 4.57. The number of esters is 2. The Morgan fingerprint density at radius 1 is 1.09 bits per heavy atom. The van der Waals surface area contributed by atoms with Crippen LogP contribution in [0.25, 0.3) is 0 Å². The molecule has 1 saturated heterocycles. The van der Waals surface area contributed by atoms with Crippen LogP contribution < -0.4 is 4.74 Å². The maximum Gasteiger partial charge on any atom is 0.347 e. The first kappa shape index (κ1) is 15.1. The number of rotatable bonds is 5. The molecule has 0 saturated carbocycles. The standard InChI is InChI=1S/C18H16O5/c19-17(23-16-10-11-21-18(16)20)14-8-6-13(7-9-14)12-22-15-4-2-1-3-5-15/h1-9,16H,10-12H2/t16-/m0/s1. The van der Waals surface area contributed by atoms with E-state index in [1.54, 1.807) is 24.3 Å². The van der Waals surface area contributed by atoms with Gasteiger partial charge in [0.15, 0.2) is 0 Å². The van der Waals surface area contributed by atoms with E-state index in [0.717, 1.165) is 11.3 Å². The molecule has 1 atom stereocenters. The average Bonchev–Trinajstić information content (AvgIpc) is 2.99. The van der Waals surface area contributed by atoms with E-state index in [1.165, 1.54) is 0 Å². The summed E-state index contributed by atoms with van der Waals surface area (Å²) in [6.45, 7) is 0.709. The lowest BCUT2D eigenvalue weighted by Gasteiger charge is -2.09. The van der Waals surface area contributed by atoms with Gasteiger partial charge < -0.3 is 14.2 Å². The summed E-state index contributed by atoms with van der Waals surface area (Å²) < 4.78 is 15.5. The molecule has 2 aromatic rings. The second-order valence-corrected chi connectivity index (χ2v) is 5.15. The molecule has 1 aliphatic rings. The number of cyclic esters (lactones) is 1. The summed E-state index contributed by atoms with van der Waals surface area (Å²) in [5.74, 6) is -0.216. The molecular weight excluding hydrogens is 296 g/mol. The van der Waals surface area contributed by atoms with E-state index in [4.69, 9.17) is 14.2 Å². The first-order chi connectivity index (χ1) is 11.2. The van der Waals surface area contributed by atoms with Crippen molar-refractivity contribution in [1.82, 2.24) is 0 Å². The molecule has 1 fully saturated rings. The molecule has 1 aliphatic heterocycles. The van der Waals surface area contributed by atoms with Crippen LogP contribution in [0.4, 0.5) is 0 Å². The number of para-hydroxylation sites is 1. The maximum atomic E-state index is 12.0. The van der Waals surface area contributed by atoms with Gasteiger partial charge in [0.05, 0.1) is 12.2 Å². The minimum atomic E-state index is -0.788. The van der Waals surface area contributed by atoms with Gasteiger partial charge in [-0.25, -0.2) is 9.59 Å². The summed E-state index contributed by atoms with van der Waals surface area (Å²) in [6, 6.07) is 16.4. The van der Waals surface area contributed by atoms with Crippen molar-refractivity contribution >= 4 is 11.9 Å². The largest absolute Gasteiger partial charge is 0.489 e. The summed E-state index contributed by atoms with van der Waals surface area (Å²) in [4.78, 5) is 23.3. The molecule has 3 rings (SSSR count). The highest BCUT2D eigenvalue weighted by Crippen LogP contribution is 2.15. The molecule has 0 unspecified atom stereocenters. The van der Waals surface area contributed by atoms with Crippen molar-refractivity contribution < 1.29 is 23.8 Å². The van der Waals surface area contributed by atoms with Crippen molar-refractivity contribution in [3.8, 4) is 5.75 Å². The lowest BCUT2D eigenvalue weighted by Crippen LogP contribution is -2.22. The number of carbonyl (C=O) groups is 2. The molecular formula is C18H16O5. The molecule has 5 nitrogen and oxygen atoms in total. The zero-order chi connectivity index (χ0) is 16.1. The summed E-state index contributed by atoms with van der Waals surface area (Å²) >= 11 is 0. The lowest BCUT2D eigenvalue weighted by atomic mass is 10.1. The summed E-state index contributed by atoms with van der Waals surface area (Å²) in [6.07, 6.45) is -0.378. The Hall–Kier alpha value is -2.82. The molecule has 0 bridgehead atoms. The van der Waals surface area contributed by atoms with Crippen molar-refractivity contribution in [2.75, 3.05) is 6.61 Å². The number of hydrogen-bond donors (Lipinski definition) is 0. The quantitative estimate of drug-likeness (QED) is 0.794. The minimum absolute atomic E-state index is 0.298. The second-order valence-electron chi connectivity index (χ2n) is 5.15. The van der Waals surface area contributed by atoms with Crippen molar-refractivity contribution in [2.45, 2.75) is 19.1 Å². The molecule has 2 aromatic carbocycles. The van der Waals surface area contributed by atoms with Crippen LogP contribution >= 0.6 is 0 Å². The van der Waals surface area contributed by atoms with Crippen LogP contribution in [-0.2, 0) is 20.9 Å². The number of ether oxygens (including phenoxy) is 3. The Bertz CT molecular complexity index is 678. The van der Waals surface area contributed by atoms with Gasteiger partial charge in [-0.05, 0) is 29.8 Å². The molecule has 5 heteroatoms. The molecule has 0 aliphatic carbocycles. The van der Waals surface area contributed by atoms with Crippen LogP contribution in [0.1, 0.15) is 22.3 Å². The lowest BCUT2D eigenvalue weighted by molar-refractivity contribution is -0.145. The third-order valence-electron chi connectivity index (χ3n) is 3.47. The molecule has 0 spiro atoms. The Labute approximate surface area is 133 Å². The Morgan fingerprint density at radius 3 is 2.48 bits per heavy atom. The van der Waals surface area contributed by atoms with E-state index in [-0.39, 0.29) is 0 Å². The van der Waals surface area contributed by atoms with E-state index in [1.807, 2.05) is 30.3 Å². The van der Waals surface area contributed by atoms with Crippen LogP contribution in [0.15, 0.2) is 54.6 Å². The van der Waals surface area contributed by atoms with E-state index in [0.29, 0.717) is 25.2 Å². The Morgan fingerprint density at radius 2 is 1.83 bits per heavy atom. The SMILES string of the molecule is O=C(O[C@H]1CCOC1=O)c1ccc(COc2ccccc2)cc1.